The zero-order valence-corrected chi connectivity index (χ0v) is 22.6. The summed E-state index contributed by atoms with van der Waals surface area (Å²) < 4.78 is 11.1. The molecule has 4 heteroatoms. The van der Waals surface area contributed by atoms with E-state index in [0.29, 0.717) is 5.57 Å². The van der Waals surface area contributed by atoms with Crippen LogP contribution in [0.4, 0.5) is 0 Å². The molecular weight excluding hydrogens is 460 g/mol. The Hall–Kier alpha value is -2.59. The number of benzene rings is 2. The van der Waals surface area contributed by atoms with Gasteiger partial charge < -0.3 is 14.6 Å². The first-order chi connectivity index (χ1) is 18.0. The van der Waals surface area contributed by atoms with Crippen LogP contribution in [0.25, 0.3) is 11.1 Å². The Labute approximate surface area is 223 Å². The Morgan fingerprint density at radius 1 is 0.946 bits per heavy atom. The van der Waals surface area contributed by atoms with Gasteiger partial charge in [-0.25, -0.2) is 4.79 Å². The quantitative estimate of drug-likeness (QED) is 0.252. The van der Waals surface area contributed by atoms with Gasteiger partial charge in [-0.2, -0.15) is 0 Å². The average Bonchev–Trinajstić information content (AvgIpc) is 2.94. The van der Waals surface area contributed by atoms with Crippen molar-refractivity contribution in [3.63, 3.8) is 0 Å². The van der Waals surface area contributed by atoms with Gasteiger partial charge >= 0.3 is 5.97 Å². The van der Waals surface area contributed by atoms with Gasteiger partial charge in [0.2, 0.25) is 0 Å². The van der Waals surface area contributed by atoms with Gasteiger partial charge in [-0.05, 0) is 84.7 Å². The van der Waals surface area contributed by atoms with Gasteiger partial charge in [-0.1, -0.05) is 81.9 Å². The summed E-state index contributed by atoms with van der Waals surface area (Å²) in [4.78, 5) is 12.1. The molecule has 0 radical (unpaired) electrons. The minimum Gasteiger partial charge on any atom is -0.491 e. The Morgan fingerprint density at radius 2 is 1.65 bits per heavy atom. The lowest BCUT2D eigenvalue weighted by Crippen LogP contribution is -2.23. The predicted octanol–water partition coefficient (Wildman–Crippen LogP) is 7.66. The zero-order chi connectivity index (χ0) is 26.0. The van der Waals surface area contributed by atoms with Crippen LogP contribution in [0.15, 0.2) is 54.6 Å². The molecule has 0 unspecified atom stereocenters. The van der Waals surface area contributed by atoms with Crippen LogP contribution >= 0.6 is 0 Å². The van der Waals surface area contributed by atoms with Gasteiger partial charge in [-0.3, -0.25) is 0 Å². The van der Waals surface area contributed by atoms with E-state index in [1.165, 1.54) is 69.8 Å². The van der Waals surface area contributed by atoms with Crippen LogP contribution in [0.3, 0.4) is 0 Å². The van der Waals surface area contributed by atoms with Crippen LogP contribution in [-0.2, 0) is 22.6 Å². The number of carbonyl (C=O) groups excluding carboxylic acids is 1. The van der Waals surface area contributed by atoms with Crippen molar-refractivity contribution in [3.05, 3.63) is 65.7 Å². The second-order valence-electron chi connectivity index (χ2n) is 11.2. The van der Waals surface area contributed by atoms with Gasteiger partial charge in [0.05, 0.1) is 6.61 Å². The van der Waals surface area contributed by atoms with Gasteiger partial charge in [0, 0.05) is 5.57 Å². The maximum Gasteiger partial charge on any atom is 0.333 e. The number of carbonyl (C=O) groups is 1. The number of aliphatic hydroxyl groups excluding tert-OH is 1. The first kappa shape index (κ1) is 27.4. The summed E-state index contributed by atoms with van der Waals surface area (Å²) in [7, 11) is 0. The summed E-state index contributed by atoms with van der Waals surface area (Å²) in [6.45, 7) is 5.88. The molecule has 37 heavy (non-hydrogen) atoms. The molecule has 2 aliphatic carbocycles. The molecule has 0 spiro atoms. The van der Waals surface area contributed by atoms with Crippen LogP contribution in [0, 0.1) is 17.8 Å². The monoisotopic (exact) mass is 504 g/mol. The molecular formula is C33H44O4. The second kappa shape index (κ2) is 13.8. The third-order valence-electron chi connectivity index (χ3n) is 8.45. The lowest BCUT2D eigenvalue weighted by molar-refractivity contribution is -0.140. The maximum atomic E-state index is 12.1. The fourth-order valence-electron chi connectivity index (χ4n) is 6.29. The number of aryl methyl sites for hydroxylation is 1. The summed E-state index contributed by atoms with van der Waals surface area (Å²) >= 11 is 0. The molecule has 0 amide bonds. The van der Waals surface area contributed by atoms with Crippen molar-refractivity contribution >= 4 is 5.97 Å². The Morgan fingerprint density at radius 3 is 2.32 bits per heavy atom. The molecule has 4 nitrogen and oxygen atoms in total. The van der Waals surface area contributed by atoms with Crippen molar-refractivity contribution in [2.24, 2.45) is 17.8 Å². The van der Waals surface area contributed by atoms with Gasteiger partial charge in [0.1, 0.15) is 19.0 Å². The molecule has 2 saturated carbocycles. The van der Waals surface area contributed by atoms with E-state index in [1.54, 1.807) is 6.92 Å². The highest BCUT2D eigenvalue weighted by Gasteiger charge is 2.28. The molecule has 2 fully saturated rings. The van der Waals surface area contributed by atoms with E-state index in [1.807, 2.05) is 24.3 Å². The summed E-state index contributed by atoms with van der Waals surface area (Å²) in [5, 5.41) is 8.99. The molecule has 1 N–H and O–H groups in total. The Balaban J connectivity index is 1.39. The normalized spacial score (nSPS) is 20.4. The van der Waals surface area contributed by atoms with Crippen molar-refractivity contribution in [1.82, 2.24) is 0 Å². The fraction of sp³-hybridized carbons (Fsp3) is 0.545. The lowest BCUT2D eigenvalue weighted by atomic mass is 9.70. The molecule has 4 rings (SSSR count). The first-order valence-corrected chi connectivity index (χ1v) is 14.3. The second-order valence-corrected chi connectivity index (χ2v) is 11.2. The van der Waals surface area contributed by atoms with Crippen molar-refractivity contribution in [1.29, 1.82) is 0 Å². The first-order valence-electron chi connectivity index (χ1n) is 14.3. The maximum absolute atomic E-state index is 12.1. The zero-order valence-electron chi connectivity index (χ0n) is 22.6. The summed E-state index contributed by atoms with van der Waals surface area (Å²) in [6, 6.07) is 14.4. The predicted molar refractivity (Wildman–Crippen MR) is 149 cm³/mol. The summed E-state index contributed by atoms with van der Waals surface area (Å²) in [6.07, 6.45) is 15.2. The minimum atomic E-state index is -0.362. The lowest BCUT2D eigenvalue weighted by Gasteiger charge is -2.36. The van der Waals surface area contributed by atoms with Crippen LogP contribution in [0.5, 0.6) is 5.75 Å². The molecule has 0 atom stereocenters. The molecule has 2 aromatic carbocycles. The van der Waals surface area contributed by atoms with Gasteiger partial charge in [0.15, 0.2) is 0 Å². The highest BCUT2D eigenvalue weighted by molar-refractivity contribution is 5.87. The SMILES string of the molecule is C=C(C)C(=O)OCc1cc(CCC2CCC(C3CCCCC3)CC2)ccc1-c1ccc(OCCO)cc1. The highest BCUT2D eigenvalue weighted by atomic mass is 16.5. The van der Waals surface area contributed by atoms with Crippen molar-refractivity contribution < 1.29 is 19.4 Å². The number of aliphatic hydroxyl groups is 1. The molecule has 0 bridgehead atoms. The minimum absolute atomic E-state index is 0.0105. The fourth-order valence-corrected chi connectivity index (χ4v) is 6.29. The number of rotatable bonds is 11. The number of ether oxygens (including phenoxy) is 2. The molecule has 0 heterocycles. The van der Waals surface area contributed by atoms with E-state index < -0.39 is 0 Å². The van der Waals surface area contributed by atoms with E-state index >= 15 is 0 Å². The third kappa shape index (κ3) is 7.95. The standard InChI is InChI=1S/C33H44O4/c1-24(2)33(35)37-23-30-22-26(12-19-32(30)29-15-17-31(18-16-29)36-21-20-34)9-8-25-10-13-28(14-11-25)27-6-4-3-5-7-27/h12,15-19,22,25,27-28,34H,1,3-11,13-14,20-21,23H2,2H3. The topological polar surface area (TPSA) is 55.8 Å². The van der Waals surface area contributed by atoms with Crippen molar-refractivity contribution in [2.45, 2.75) is 84.2 Å². The van der Waals surface area contributed by atoms with Crippen LogP contribution in [0.2, 0.25) is 0 Å². The summed E-state index contributed by atoms with van der Waals surface area (Å²) in [5.41, 5.74) is 4.83. The highest BCUT2D eigenvalue weighted by Crippen LogP contribution is 2.41. The van der Waals surface area contributed by atoms with E-state index in [4.69, 9.17) is 14.6 Å². The molecule has 0 saturated heterocycles. The molecule has 2 aliphatic rings. The molecule has 2 aromatic rings. The van der Waals surface area contributed by atoms with E-state index in [0.717, 1.165) is 46.6 Å². The summed E-state index contributed by atoms with van der Waals surface area (Å²) in [5.74, 6) is 3.17. The average molecular weight is 505 g/mol. The Bertz CT molecular complexity index is 1010. The number of hydrogen-bond acceptors (Lipinski definition) is 4. The molecule has 0 aromatic heterocycles. The van der Waals surface area contributed by atoms with Crippen LogP contribution in [-0.4, -0.2) is 24.3 Å². The number of esters is 1. The molecule has 200 valence electrons. The van der Waals surface area contributed by atoms with Crippen molar-refractivity contribution in [3.8, 4) is 16.9 Å². The van der Waals surface area contributed by atoms with Gasteiger partial charge in [0.25, 0.3) is 0 Å². The van der Waals surface area contributed by atoms with E-state index in [2.05, 4.69) is 24.8 Å². The van der Waals surface area contributed by atoms with Gasteiger partial charge in [-0.15, -0.1) is 0 Å². The van der Waals surface area contributed by atoms with Crippen molar-refractivity contribution in [2.75, 3.05) is 13.2 Å². The van der Waals surface area contributed by atoms with E-state index in [9.17, 15) is 4.79 Å². The number of hydrogen-bond donors (Lipinski definition) is 1. The largest absolute Gasteiger partial charge is 0.491 e. The Kier molecular flexibility index (Phi) is 10.2. The molecule has 0 aliphatic heterocycles. The van der Waals surface area contributed by atoms with Crippen LogP contribution in [0.1, 0.15) is 82.3 Å². The third-order valence-corrected chi connectivity index (χ3v) is 8.45. The van der Waals surface area contributed by atoms with Crippen LogP contribution < -0.4 is 4.74 Å². The smallest absolute Gasteiger partial charge is 0.333 e. The van der Waals surface area contributed by atoms with E-state index in [-0.39, 0.29) is 25.8 Å².